The Balaban J connectivity index is 1.43. The monoisotopic (exact) mass is 534 g/mol. The Morgan fingerprint density at radius 1 is 1.08 bits per heavy atom. The number of amides is 1. The fourth-order valence-corrected chi connectivity index (χ4v) is 4.79. The molecule has 12 nitrogen and oxygen atoms in total. The van der Waals surface area contributed by atoms with Crippen molar-refractivity contribution in [3.05, 3.63) is 47.1 Å². The van der Waals surface area contributed by atoms with Crippen LogP contribution >= 0.6 is 0 Å². The SMILES string of the molecule is CN(C(=O)OC(C)(C)C)c1cc2c(cn1)c(-c1cnn(C)c1)nn2[C@H]1CC[C@@H](Oc2ccc(=O)n(C)n2)CC1. The van der Waals surface area contributed by atoms with Crippen LogP contribution in [0.2, 0.25) is 0 Å². The van der Waals surface area contributed by atoms with Crippen LogP contribution in [0.15, 0.2) is 41.6 Å². The second-order valence-corrected chi connectivity index (χ2v) is 11.0. The highest BCUT2D eigenvalue weighted by Crippen LogP contribution is 2.36. The minimum absolute atomic E-state index is 0.00130. The molecule has 0 atom stereocenters. The van der Waals surface area contributed by atoms with E-state index in [1.807, 2.05) is 44.8 Å². The minimum atomic E-state index is -0.616. The first-order valence-corrected chi connectivity index (χ1v) is 13.0. The molecule has 0 radical (unpaired) electrons. The van der Waals surface area contributed by atoms with Crippen LogP contribution in [0, 0.1) is 0 Å². The van der Waals surface area contributed by atoms with Crippen molar-refractivity contribution in [2.45, 2.75) is 64.2 Å². The van der Waals surface area contributed by atoms with Crippen LogP contribution in [0.5, 0.6) is 5.88 Å². The number of ether oxygens (including phenoxy) is 2. The van der Waals surface area contributed by atoms with E-state index in [1.54, 1.807) is 37.2 Å². The number of nitrogens with zero attached hydrogens (tertiary/aromatic N) is 8. The third-order valence-electron chi connectivity index (χ3n) is 6.78. The lowest BCUT2D eigenvalue weighted by atomic mass is 9.93. The molecule has 0 saturated heterocycles. The van der Waals surface area contributed by atoms with Crippen molar-refractivity contribution >= 4 is 22.8 Å². The lowest BCUT2D eigenvalue weighted by molar-refractivity contribution is 0.0588. The number of hydrogen-bond donors (Lipinski definition) is 0. The molecule has 39 heavy (non-hydrogen) atoms. The van der Waals surface area contributed by atoms with Gasteiger partial charge in [-0.1, -0.05) is 0 Å². The van der Waals surface area contributed by atoms with Crippen LogP contribution in [0.25, 0.3) is 22.2 Å². The van der Waals surface area contributed by atoms with Gasteiger partial charge in [0.2, 0.25) is 5.88 Å². The van der Waals surface area contributed by atoms with Gasteiger partial charge in [0.05, 0.1) is 17.8 Å². The molecule has 206 valence electrons. The summed E-state index contributed by atoms with van der Waals surface area (Å²) in [5.41, 5.74) is 1.79. The molecule has 5 rings (SSSR count). The third kappa shape index (κ3) is 5.64. The zero-order chi connectivity index (χ0) is 27.9. The maximum Gasteiger partial charge on any atom is 0.415 e. The van der Waals surface area contributed by atoms with Gasteiger partial charge in [-0.25, -0.2) is 14.5 Å². The first kappa shape index (κ1) is 26.4. The fourth-order valence-electron chi connectivity index (χ4n) is 4.79. The van der Waals surface area contributed by atoms with Gasteiger partial charge in [-0.05, 0) is 46.5 Å². The average molecular weight is 535 g/mol. The average Bonchev–Trinajstić information content (AvgIpc) is 3.48. The number of aryl methyl sites for hydroxylation is 2. The van der Waals surface area contributed by atoms with Gasteiger partial charge in [0.1, 0.15) is 23.2 Å². The van der Waals surface area contributed by atoms with Crippen molar-refractivity contribution < 1.29 is 14.3 Å². The summed E-state index contributed by atoms with van der Waals surface area (Å²) >= 11 is 0. The molecule has 1 aliphatic rings. The second-order valence-electron chi connectivity index (χ2n) is 11.0. The summed E-state index contributed by atoms with van der Waals surface area (Å²) in [5.74, 6) is 0.929. The second kappa shape index (κ2) is 10.2. The van der Waals surface area contributed by atoms with E-state index in [2.05, 4.69) is 15.2 Å². The predicted octanol–water partition coefficient (Wildman–Crippen LogP) is 3.86. The Kier molecular flexibility index (Phi) is 6.87. The van der Waals surface area contributed by atoms with Gasteiger partial charge in [0, 0.05) is 62.7 Å². The Bertz CT molecular complexity index is 1560. The van der Waals surface area contributed by atoms with Crippen molar-refractivity contribution in [3.8, 4) is 17.1 Å². The molecule has 12 heteroatoms. The standard InChI is InChI=1S/C27H34N8O4/c1-27(2,3)39-26(37)33(5)22-13-21-20(15-28-22)25(17-14-29-32(4)16-17)31-35(21)18-7-9-19(10-8-18)38-23-11-12-24(36)34(6)30-23/h11-16,18-19H,7-10H2,1-6H3/t18-,19+. The summed E-state index contributed by atoms with van der Waals surface area (Å²) < 4.78 is 16.7. The van der Waals surface area contributed by atoms with Crippen LogP contribution in [0.1, 0.15) is 52.5 Å². The van der Waals surface area contributed by atoms with Crippen molar-refractivity contribution in [2.24, 2.45) is 14.1 Å². The molecule has 0 aliphatic heterocycles. The number of carbonyl (C=O) groups excluding carboxylic acids is 1. The molecule has 0 spiro atoms. The summed E-state index contributed by atoms with van der Waals surface area (Å²) in [6.45, 7) is 5.50. The number of carbonyl (C=O) groups is 1. The first-order valence-electron chi connectivity index (χ1n) is 13.0. The van der Waals surface area contributed by atoms with E-state index < -0.39 is 11.7 Å². The lowest BCUT2D eigenvalue weighted by Crippen LogP contribution is -2.34. The van der Waals surface area contributed by atoms with E-state index >= 15 is 0 Å². The van der Waals surface area contributed by atoms with E-state index in [0.717, 1.165) is 47.8 Å². The number of aromatic nitrogens is 7. The van der Waals surface area contributed by atoms with E-state index in [-0.39, 0.29) is 17.7 Å². The third-order valence-corrected chi connectivity index (χ3v) is 6.78. The van der Waals surface area contributed by atoms with Crippen LogP contribution in [-0.2, 0) is 18.8 Å². The molecule has 0 aromatic carbocycles. The number of fused-ring (bicyclic) bond motifs is 1. The topological polar surface area (TPSA) is 122 Å². The number of hydrogen-bond acceptors (Lipinski definition) is 8. The number of anilines is 1. The van der Waals surface area contributed by atoms with Crippen molar-refractivity contribution in [1.82, 2.24) is 34.3 Å². The maximum absolute atomic E-state index is 12.7. The molecule has 4 aromatic heterocycles. The first-order chi connectivity index (χ1) is 18.5. The van der Waals surface area contributed by atoms with Crippen LogP contribution in [0.3, 0.4) is 0 Å². The Morgan fingerprint density at radius 2 is 1.82 bits per heavy atom. The molecular weight excluding hydrogens is 500 g/mol. The molecule has 1 amide bonds. The number of rotatable bonds is 5. The summed E-state index contributed by atoms with van der Waals surface area (Å²) in [6, 6.07) is 5.10. The molecule has 1 saturated carbocycles. The summed E-state index contributed by atoms with van der Waals surface area (Å²) in [7, 11) is 5.13. The van der Waals surface area contributed by atoms with Gasteiger partial charge in [-0.2, -0.15) is 10.2 Å². The zero-order valence-corrected chi connectivity index (χ0v) is 23.2. The van der Waals surface area contributed by atoms with Crippen molar-refractivity contribution in [3.63, 3.8) is 0 Å². The molecular formula is C27H34N8O4. The quantitative estimate of drug-likeness (QED) is 0.378. The molecule has 0 unspecified atom stereocenters. The normalized spacial score (nSPS) is 17.8. The maximum atomic E-state index is 12.7. The van der Waals surface area contributed by atoms with Crippen LogP contribution in [0.4, 0.5) is 10.6 Å². The van der Waals surface area contributed by atoms with Crippen molar-refractivity contribution in [1.29, 1.82) is 0 Å². The Hall–Kier alpha value is -4.22. The van der Waals surface area contributed by atoms with Gasteiger partial charge in [0.25, 0.3) is 5.56 Å². The minimum Gasteiger partial charge on any atom is -0.473 e. The molecule has 4 heterocycles. The van der Waals surface area contributed by atoms with Gasteiger partial charge < -0.3 is 9.47 Å². The van der Waals surface area contributed by atoms with Crippen LogP contribution in [-0.4, -0.2) is 59.2 Å². The summed E-state index contributed by atoms with van der Waals surface area (Å²) in [4.78, 5) is 30.4. The fraction of sp³-hybridized carbons (Fsp3) is 0.481. The largest absolute Gasteiger partial charge is 0.473 e. The molecule has 0 N–H and O–H groups in total. The van der Waals surface area contributed by atoms with Crippen molar-refractivity contribution in [2.75, 3.05) is 11.9 Å². The smallest absolute Gasteiger partial charge is 0.415 e. The highest BCUT2D eigenvalue weighted by atomic mass is 16.6. The zero-order valence-electron chi connectivity index (χ0n) is 23.2. The van der Waals surface area contributed by atoms with E-state index in [0.29, 0.717) is 11.7 Å². The van der Waals surface area contributed by atoms with E-state index in [4.69, 9.17) is 14.6 Å². The number of pyridine rings is 1. The lowest BCUT2D eigenvalue weighted by Gasteiger charge is -2.29. The van der Waals surface area contributed by atoms with Gasteiger partial charge in [-0.3, -0.25) is 19.1 Å². The Morgan fingerprint density at radius 3 is 2.46 bits per heavy atom. The van der Waals surface area contributed by atoms with Gasteiger partial charge in [-0.15, -0.1) is 5.10 Å². The van der Waals surface area contributed by atoms with Crippen LogP contribution < -0.4 is 15.2 Å². The molecule has 0 bridgehead atoms. The molecule has 1 fully saturated rings. The molecule has 4 aromatic rings. The van der Waals surface area contributed by atoms with Gasteiger partial charge >= 0.3 is 6.09 Å². The highest BCUT2D eigenvalue weighted by Gasteiger charge is 2.28. The predicted molar refractivity (Wildman–Crippen MR) is 146 cm³/mol. The van der Waals surface area contributed by atoms with E-state index in [1.165, 1.54) is 15.6 Å². The summed E-state index contributed by atoms with van der Waals surface area (Å²) in [5, 5.41) is 14.4. The van der Waals surface area contributed by atoms with Gasteiger partial charge in [0.15, 0.2) is 0 Å². The Labute approximate surface area is 226 Å². The summed E-state index contributed by atoms with van der Waals surface area (Å²) in [6.07, 6.45) is 8.33. The molecule has 1 aliphatic carbocycles. The van der Waals surface area contributed by atoms with E-state index in [9.17, 15) is 9.59 Å². The highest BCUT2D eigenvalue weighted by molar-refractivity contribution is 5.95.